The van der Waals surface area contributed by atoms with E-state index in [0.717, 1.165) is 44.8 Å². The Kier molecular flexibility index (Phi) is 7.01. The molecule has 0 bridgehead atoms. The molecule has 1 heterocycles. The second-order valence-corrected chi connectivity index (χ2v) is 7.07. The maximum absolute atomic E-state index is 12.2. The van der Waals surface area contributed by atoms with Gasteiger partial charge in [-0.15, -0.1) is 0 Å². The van der Waals surface area contributed by atoms with Crippen LogP contribution in [0, 0.1) is 0 Å². The summed E-state index contributed by atoms with van der Waals surface area (Å²) < 4.78 is 0. The molecule has 0 N–H and O–H groups in total. The fourth-order valence-corrected chi connectivity index (χ4v) is 3.26. The number of piperazine rings is 1. The van der Waals surface area contributed by atoms with Crippen molar-refractivity contribution in [3.05, 3.63) is 76.8 Å². The third-order valence-corrected chi connectivity index (χ3v) is 5.01. The van der Waals surface area contributed by atoms with Crippen molar-refractivity contribution in [2.75, 3.05) is 39.3 Å². The number of carbonyl (C=O) groups is 1. The van der Waals surface area contributed by atoms with Crippen molar-refractivity contribution in [2.45, 2.75) is 6.42 Å². The summed E-state index contributed by atoms with van der Waals surface area (Å²) >= 11 is 5.87. The average Bonchev–Trinajstić information content (AvgIpc) is 2.68. The van der Waals surface area contributed by atoms with E-state index in [2.05, 4.69) is 46.2 Å². The number of hydrogen-bond donors (Lipinski definition) is 0. The molecule has 0 amide bonds. The molecule has 3 nitrogen and oxygen atoms in total. The molecule has 1 aliphatic rings. The summed E-state index contributed by atoms with van der Waals surface area (Å²) in [6.07, 6.45) is 4.97. The van der Waals surface area contributed by atoms with Crippen LogP contribution in [0.15, 0.2) is 60.7 Å². The van der Waals surface area contributed by atoms with Crippen LogP contribution in [0.4, 0.5) is 0 Å². The standard InChI is InChI=1S/C22H25ClN2O/c23-21-10-8-20(9-11-21)22(26)12-14-25-17-15-24(16-18-25)13-4-7-19-5-2-1-3-6-19/h1-11H,12-18H2/b7-4+. The van der Waals surface area contributed by atoms with Crippen LogP contribution in [-0.4, -0.2) is 54.9 Å². The van der Waals surface area contributed by atoms with Crippen molar-refractivity contribution in [2.24, 2.45) is 0 Å². The second-order valence-electron chi connectivity index (χ2n) is 6.64. The van der Waals surface area contributed by atoms with Crippen LogP contribution in [0.5, 0.6) is 0 Å². The number of rotatable bonds is 7. The molecule has 2 aromatic rings. The maximum atomic E-state index is 12.2. The number of nitrogens with zero attached hydrogens (tertiary/aromatic N) is 2. The lowest BCUT2D eigenvalue weighted by Gasteiger charge is -2.34. The topological polar surface area (TPSA) is 23.6 Å². The van der Waals surface area contributed by atoms with Crippen LogP contribution >= 0.6 is 11.6 Å². The van der Waals surface area contributed by atoms with Gasteiger partial charge in [0, 0.05) is 56.3 Å². The number of benzene rings is 2. The van der Waals surface area contributed by atoms with Crippen molar-refractivity contribution < 1.29 is 4.79 Å². The van der Waals surface area contributed by atoms with Gasteiger partial charge in [-0.05, 0) is 29.8 Å². The van der Waals surface area contributed by atoms with Crippen LogP contribution < -0.4 is 0 Å². The molecule has 1 saturated heterocycles. The van der Waals surface area contributed by atoms with Crippen molar-refractivity contribution in [3.8, 4) is 0 Å². The predicted octanol–water partition coefficient (Wildman–Crippen LogP) is 4.24. The van der Waals surface area contributed by atoms with E-state index in [9.17, 15) is 4.79 Å². The van der Waals surface area contributed by atoms with Gasteiger partial charge in [-0.3, -0.25) is 9.69 Å². The molecule has 0 saturated carbocycles. The van der Waals surface area contributed by atoms with E-state index in [1.54, 1.807) is 12.1 Å². The molecule has 136 valence electrons. The SMILES string of the molecule is O=C(CCN1CCN(C/C=C/c2ccccc2)CC1)c1ccc(Cl)cc1. The van der Waals surface area contributed by atoms with Crippen molar-refractivity contribution in [1.29, 1.82) is 0 Å². The molecule has 26 heavy (non-hydrogen) atoms. The van der Waals surface area contributed by atoms with E-state index in [1.165, 1.54) is 5.56 Å². The fraction of sp³-hybridized carbons (Fsp3) is 0.318. The zero-order valence-corrected chi connectivity index (χ0v) is 15.7. The fourth-order valence-electron chi connectivity index (χ4n) is 3.14. The molecule has 0 aliphatic carbocycles. The maximum Gasteiger partial charge on any atom is 0.164 e. The van der Waals surface area contributed by atoms with Gasteiger partial charge < -0.3 is 4.90 Å². The first-order valence-electron chi connectivity index (χ1n) is 9.16. The lowest BCUT2D eigenvalue weighted by molar-refractivity contribution is 0.0935. The zero-order chi connectivity index (χ0) is 18.2. The van der Waals surface area contributed by atoms with Crippen molar-refractivity contribution in [3.63, 3.8) is 0 Å². The largest absolute Gasteiger partial charge is 0.300 e. The van der Waals surface area contributed by atoms with Gasteiger partial charge in [0.25, 0.3) is 0 Å². The predicted molar refractivity (Wildman–Crippen MR) is 109 cm³/mol. The van der Waals surface area contributed by atoms with E-state index >= 15 is 0 Å². The Hall–Kier alpha value is -1.94. The summed E-state index contributed by atoms with van der Waals surface area (Å²) in [6, 6.07) is 17.6. The highest BCUT2D eigenvalue weighted by Gasteiger charge is 2.17. The second kappa shape index (κ2) is 9.67. The van der Waals surface area contributed by atoms with E-state index in [1.807, 2.05) is 18.2 Å². The monoisotopic (exact) mass is 368 g/mol. The molecule has 3 rings (SSSR count). The number of carbonyl (C=O) groups excluding carboxylic acids is 1. The third kappa shape index (κ3) is 5.80. The third-order valence-electron chi connectivity index (χ3n) is 4.76. The van der Waals surface area contributed by atoms with Gasteiger partial charge in [0.1, 0.15) is 0 Å². The smallest absolute Gasteiger partial charge is 0.164 e. The summed E-state index contributed by atoms with van der Waals surface area (Å²) in [6.45, 7) is 5.95. The molecular formula is C22H25ClN2O. The van der Waals surface area contributed by atoms with Gasteiger partial charge in [0.15, 0.2) is 5.78 Å². The van der Waals surface area contributed by atoms with Crippen LogP contribution in [0.1, 0.15) is 22.3 Å². The number of Topliss-reactive ketones (excluding diaryl/α,β-unsaturated/α-hetero) is 1. The normalized spacial score (nSPS) is 16.2. The van der Waals surface area contributed by atoms with E-state index in [-0.39, 0.29) is 5.78 Å². The Labute approximate surface area is 160 Å². The summed E-state index contributed by atoms with van der Waals surface area (Å²) in [4.78, 5) is 17.1. The van der Waals surface area contributed by atoms with Gasteiger partial charge in [-0.2, -0.15) is 0 Å². The van der Waals surface area contributed by atoms with Crippen LogP contribution in [-0.2, 0) is 0 Å². The van der Waals surface area contributed by atoms with Gasteiger partial charge in [-0.1, -0.05) is 54.1 Å². The van der Waals surface area contributed by atoms with Gasteiger partial charge in [0.05, 0.1) is 0 Å². The quantitative estimate of drug-likeness (QED) is 0.683. The highest BCUT2D eigenvalue weighted by molar-refractivity contribution is 6.30. The minimum atomic E-state index is 0.190. The number of halogens is 1. The first-order valence-corrected chi connectivity index (χ1v) is 9.53. The summed E-state index contributed by atoms with van der Waals surface area (Å²) in [5, 5.41) is 0.666. The lowest BCUT2D eigenvalue weighted by atomic mass is 10.1. The minimum Gasteiger partial charge on any atom is -0.300 e. The van der Waals surface area contributed by atoms with Crippen molar-refractivity contribution in [1.82, 2.24) is 9.80 Å². The molecule has 1 fully saturated rings. The number of hydrogen-bond acceptors (Lipinski definition) is 3. The van der Waals surface area contributed by atoms with E-state index in [0.29, 0.717) is 11.4 Å². The van der Waals surface area contributed by atoms with Crippen LogP contribution in [0.3, 0.4) is 0 Å². The first-order chi connectivity index (χ1) is 12.7. The van der Waals surface area contributed by atoms with Crippen LogP contribution in [0.25, 0.3) is 6.08 Å². The molecule has 0 radical (unpaired) electrons. The van der Waals surface area contributed by atoms with Crippen molar-refractivity contribution >= 4 is 23.5 Å². The molecule has 4 heteroatoms. The molecule has 0 spiro atoms. The molecule has 0 aromatic heterocycles. The molecular weight excluding hydrogens is 344 g/mol. The highest BCUT2D eigenvalue weighted by Crippen LogP contribution is 2.12. The van der Waals surface area contributed by atoms with Gasteiger partial charge in [-0.25, -0.2) is 0 Å². The summed E-state index contributed by atoms with van der Waals surface area (Å²) in [5.74, 6) is 0.190. The highest BCUT2D eigenvalue weighted by atomic mass is 35.5. The Bertz CT molecular complexity index is 720. The van der Waals surface area contributed by atoms with E-state index in [4.69, 9.17) is 11.6 Å². The molecule has 1 aliphatic heterocycles. The van der Waals surface area contributed by atoms with E-state index < -0.39 is 0 Å². The Balaban J connectivity index is 1.36. The Morgan fingerprint density at radius 1 is 0.923 bits per heavy atom. The molecule has 0 unspecified atom stereocenters. The lowest BCUT2D eigenvalue weighted by Crippen LogP contribution is -2.46. The minimum absolute atomic E-state index is 0.190. The Morgan fingerprint density at radius 3 is 2.27 bits per heavy atom. The first kappa shape index (κ1) is 18.8. The molecule has 0 atom stereocenters. The average molecular weight is 369 g/mol. The van der Waals surface area contributed by atoms with Crippen LogP contribution in [0.2, 0.25) is 5.02 Å². The zero-order valence-electron chi connectivity index (χ0n) is 15.0. The summed E-state index contributed by atoms with van der Waals surface area (Å²) in [7, 11) is 0. The molecule has 2 aromatic carbocycles. The van der Waals surface area contributed by atoms with Gasteiger partial charge >= 0.3 is 0 Å². The Morgan fingerprint density at radius 2 is 1.58 bits per heavy atom. The summed E-state index contributed by atoms with van der Waals surface area (Å²) in [5.41, 5.74) is 1.99. The number of ketones is 1. The van der Waals surface area contributed by atoms with Gasteiger partial charge in [0.2, 0.25) is 0 Å².